The highest BCUT2D eigenvalue weighted by atomic mass is 16.5. The van der Waals surface area contributed by atoms with E-state index >= 15 is 0 Å². The van der Waals surface area contributed by atoms with Gasteiger partial charge in [0.05, 0.1) is 18.5 Å². The Hall–Kier alpha value is -2.63. The topological polar surface area (TPSA) is 87.2 Å². The quantitative estimate of drug-likeness (QED) is 0.783. The third-order valence-corrected chi connectivity index (χ3v) is 2.34. The number of benzene rings is 1. The Kier molecular flexibility index (Phi) is 3.09. The molecule has 0 aliphatic rings. The number of carbonyl (C=O) groups is 1. The van der Waals surface area contributed by atoms with Gasteiger partial charge in [0.1, 0.15) is 0 Å². The number of aromatic nitrogens is 2. The zero-order valence-corrected chi connectivity index (χ0v) is 9.66. The van der Waals surface area contributed by atoms with Gasteiger partial charge in [0.15, 0.2) is 5.69 Å². The largest absolute Gasteiger partial charge is 0.464 e. The van der Waals surface area contributed by atoms with Crippen LogP contribution in [0.5, 0.6) is 0 Å². The van der Waals surface area contributed by atoms with Crippen molar-refractivity contribution in [3.8, 4) is 5.69 Å². The normalized spacial score (nSPS) is 10.1. The summed E-state index contributed by atoms with van der Waals surface area (Å²) in [5.41, 5.74) is 5.62. The van der Waals surface area contributed by atoms with Gasteiger partial charge < -0.3 is 10.5 Å². The molecular weight excluding hydrogens is 234 g/mol. The summed E-state index contributed by atoms with van der Waals surface area (Å²) in [4.78, 5) is 23.2. The molecule has 0 saturated heterocycles. The first-order valence-electron chi connectivity index (χ1n) is 5.17. The highest BCUT2D eigenvalue weighted by Gasteiger charge is 2.15. The van der Waals surface area contributed by atoms with E-state index in [4.69, 9.17) is 5.73 Å². The Morgan fingerprint density at radius 3 is 2.61 bits per heavy atom. The number of hydrogen-bond donors (Lipinski definition) is 1. The van der Waals surface area contributed by atoms with Crippen molar-refractivity contribution in [1.29, 1.82) is 0 Å². The van der Waals surface area contributed by atoms with Crippen LogP contribution in [0.2, 0.25) is 0 Å². The summed E-state index contributed by atoms with van der Waals surface area (Å²) in [6.07, 6.45) is 0. The monoisotopic (exact) mass is 245 g/mol. The lowest BCUT2D eigenvalue weighted by Gasteiger charge is -2.07. The maximum Gasteiger partial charge on any atom is 0.360 e. The molecule has 0 aliphatic carbocycles. The smallest absolute Gasteiger partial charge is 0.360 e. The average Bonchev–Trinajstić information content (AvgIpc) is 2.39. The van der Waals surface area contributed by atoms with E-state index < -0.39 is 11.5 Å². The fraction of sp³-hybridized carbons (Fsp3) is 0.0833. The van der Waals surface area contributed by atoms with Crippen LogP contribution in [0, 0.1) is 0 Å². The molecule has 0 fully saturated rings. The van der Waals surface area contributed by atoms with E-state index in [2.05, 4.69) is 9.84 Å². The zero-order valence-electron chi connectivity index (χ0n) is 9.66. The molecule has 2 aromatic rings. The van der Waals surface area contributed by atoms with E-state index in [1.165, 1.54) is 7.11 Å². The minimum absolute atomic E-state index is 0.000897. The first-order chi connectivity index (χ1) is 8.63. The molecule has 6 nitrogen and oxygen atoms in total. The van der Waals surface area contributed by atoms with Crippen molar-refractivity contribution in [2.75, 3.05) is 12.8 Å². The molecule has 0 bridgehead atoms. The third kappa shape index (κ3) is 2.08. The van der Waals surface area contributed by atoms with Crippen molar-refractivity contribution in [2.45, 2.75) is 0 Å². The Bertz CT molecular complexity index is 635. The first kappa shape index (κ1) is 11.8. The van der Waals surface area contributed by atoms with Gasteiger partial charge in [-0.2, -0.15) is 9.78 Å². The molecule has 18 heavy (non-hydrogen) atoms. The standard InChI is InChI=1S/C12H11N3O3/c1-18-12(17)11-9(13)7-10(16)15(14-11)8-5-3-2-4-6-8/h2-7H,13H2,1H3. The third-order valence-electron chi connectivity index (χ3n) is 2.34. The van der Waals surface area contributed by atoms with E-state index in [9.17, 15) is 9.59 Å². The van der Waals surface area contributed by atoms with E-state index in [1.54, 1.807) is 24.3 Å². The summed E-state index contributed by atoms with van der Waals surface area (Å²) in [7, 11) is 1.22. The number of para-hydroxylation sites is 1. The number of nitrogen functional groups attached to an aromatic ring is 1. The van der Waals surface area contributed by atoms with Crippen LogP contribution in [0.3, 0.4) is 0 Å². The fourth-order valence-electron chi connectivity index (χ4n) is 1.48. The van der Waals surface area contributed by atoms with Crippen molar-refractivity contribution in [2.24, 2.45) is 0 Å². The van der Waals surface area contributed by atoms with Gasteiger partial charge in [0.2, 0.25) is 0 Å². The van der Waals surface area contributed by atoms with Gasteiger partial charge in [-0.25, -0.2) is 4.79 Å². The minimum Gasteiger partial charge on any atom is -0.464 e. The van der Waals surface area contributed by atoms with Crippen LogP contribution in [-0.4, -0.2) is 22.9 Å². The highest BCUT2D eigenvalue weighted by Crippen LogP contribution is 2.09. The molecule has 1 aromatic heterocycles. The number of nitrogens with zero attached hydrogens (tertiary/aromatic N) is 2. The van der Waals surface area contributed by atoms with Crippen LogP contribution >= 0.6 is 0 Å². The SMILES string of the molecule is COC(=O)c1nn(-c2ccccc2)c(=O)cc1N. The molecule has 0 aliphatic heterocycles. The minimum atomic E-state index is -0.683. The van der Waals surface area contributed by atoms with Gasteiger partial charge >= 0.3 is 5.97 Å². The van der Waals surface area contributed by atoms with Crippen LogP contribution in [0.1, 0.15) is 10.5 Å². The van der Waals surface area contributed by atoms with Gasteiger partial charge in [0.25, 0.3) is 5.56 Å². The highest BCUT2D eigenvalue weighted by molar-refractivity contribution is 5.92. The van der Waals surface area contributed by atoms with Crippen molar-refractivity contribution in [3.05, 3.63) is 52.4 Å². The van der Waals surface area contributed by atoms with Gasteiger partial charge in [0, 0.05) is 6.07 Å². The van der Waals surface area contributed by atoms with Crippen molar-refractivity contribution in [1.82, 2.24) is 9.78 Å². The van der Waals surface area contributed by atoms with Crippen LogP contribution in [0.4, 0.5) is 5.69 Å². The Morgan fingerprint density at radius 2 is 2.00 bits per heavy atom. The lowest BCUT2D eigenvalue weighted by atomic mass is 10.3. The maximum absolute atomic E-state index is 11.8. The lowest BCUT2D eigenvalue weighted by Crippen LogP contribution is -2.25. The summed E-state index contributed by atoms with van der Waals surface area (Å²) >= 11 is 0. The van der Waals surface area contributed by atoms with E-state index in [1.807, 2.05) is 6.07 Å². The van der Waals surface area contributed by atoms with Crippen LogP contribution in [0.15, 0.2) is 41.2 Å². The van der Waals surface area contributed by atoms with E-state index in [-0.39, 0.29) is 11.4 Å². The number of methoxy groups -OCH3 is 1. The number of nitrogens with two attached hydrogens (primary N) is 1. The summed E-state index contributed by atoms with van der Waals surface area (Å²) in [6.45, 7) is 0. The van der Waals surface area contributed by atoms with Crippen molar-refractivity contribution in [3.63, 3.8) is 0 Å². The summed E-state index contributed by atoms with van der Waals surface area (Å²) in [5, 5.41) is 3.92. The molecule has 1 heterocycles. The predicted molar refractivity (Wildman–Crippen MR) is 65.6 cm³/mol. The molecule has 0 spiro atoms. The number of esters is 1. The molecule has 92 valence electrons. The van der Waals surface area contributed by atoms with Gasteiger partial charge in [-0.15, -0.1) is 0 Å². The molecule has 2 rings (SSSR count). The van der Waals surface area contributed by atoms with Crippen LogP contribution in [-0.2, 0) is 4.74 Å². The van der Waals surface area contributed by atoms with Crippen molar-refractivity contribution >= 4 is 11.7 Å². The first-order valence-corrected chi connectivity index (χ1v) is 5.17. The number of anilines is 1. The van der Waals surface area contributed by atoms with Gasteiger partial charge in [-0.1, -0.05) is 18.2 Å². The molecule has 1 aromatic carbocycles. The maximum atomic E-state index is 11.8. The summed E-state index contributed by atoms with van der Waals surface area (Å²) in [5.74, 6) is -0.683. The van der Waals surface area contributed by atoms with E-state index in [0.717, 1.165) is 10.7 Å². The molecule has 2 N–H and O–H groups in total. The Morgan fingerprint density at radius 1 is 1.33 bits per heavy atom. The molecule has 0 atom stereocenters. The molecule has 0 amide bonds. The number of carbonyl (C=O) groups excluding carboxylic acids is 1. The number of rotatable bonds is 2. The average molecular weight is 245 g/mol. The second-order valence-electron chi connectivity index (χ2n) is 3.53. The molecular formula is C12H11N3O3. The summed E-state index contributed by atoms with van der Waals surface area (Å²) < 4.78 is 5.65. The Labute approximate surface area is 103 Å². The lowest BCUT2D eigenvalue weighted by molar-refractivity contribution is 0.0593. The predicted octanol–water partition coefficient (Wildman–Crippen LogP) is 0.601. The van der Waals surface area contributed by atoms with E-state index in [0.29, 0.717) is 5.69 Å². The molecule has 0 unspecified atom stereocenters. The summed E-state index contributed by atoms with van der Waals surface area (Å²) in [6, 6.07) is 9.88. The van der Waals surface area contributed by atoms with Crippen LogP contribution in [0.25, 0.3) is 5.69 Å². The van der Waals surface area contributed by atoms with Gasteiger partial charge in [-0.05, 0) is 12.1 Å². The number of hydrogen-bond acceptors (Lipinski definition) is 5. The zero-order chi connectivity index (χ0) is 13.1. The molecule has 6 heteroatoms. The number of ether oxygens (including phenoxy) is 1. The molecule has 0 saturated carbocycles. The second-order valence-corrected chi connectivity index (χ2v) is 3.53. The van der Waals surface area contributed by atoms with Gasteiger partial charge in [-0.3, -0.25) is 4.79 Å². The second kappa shape index (κ2) is 4.70. The molecule has 0 radical (unpaired) electrons. The fourth-order valence-corrected chi connectivity index (χ4v) is 1.48. The van der Waals surface area contributed by atoms with Crippen LogP contribution < -0.4 is 11.3 Å². The Balaban J connectivity index is 2.63. The van der Waals surface area contributed by atoms with Crippen molar-refractivity contribution < 1.29 is 9.53 Å².